The number of nitrogens with zero attached hydrogens (tertiary/aromatic N) is 3. The minimum atomic E-state index is -2.65. The van der Waals surface area contributed by atoms with Crippen molar-refractivity contribution in [1.29, 1.82) is 0 Å². The molecule has 0 radical (unpaired) electrons. The third kappa shape index (κ3) is 6.35. The predicted octanol–water partition coefficient (Wildman–Crippen LogP) is 5.74. The molecule has 1 spiro atoms. The number of anilines is 1. The summed E-state index contributed by atoms with van der Waals surface area (Å²) >= 11 is 0. The summed E-state index contributed by atoms with van der Waals surface area (Å²) in [5.74, 6) is -1.75. The molecule has 3 heterocycles. The highest BCUT2D eigenvalue weighted by Gasteiger charge is 2.45. The van der Waals surface area contributed by atoms with Gasteiger partial charge in [-0.25, -0.2) is 17.6 Å². The Balaban J connectivity index is 1.21. The van der Waals surface area contributed by atoms with Crippen molar-refractivity contribution in [2.75, 3.05) is 50.7 Å². The second-order valence-electron chi connectivity index (χ2n) is 12.0. The molecule has 2 saturated heterocycles. The van der Waals surface area contributed by atoms with Gasteiger partial charge in [-0.1, -0.05) is 36.4 Å². The van der Waals surface area contributed by atoms with Gasteiger partial charge in [-0.3, -0.25) is 14.6 Å². The Hall–Kier alpha value is -3.63. The van der Waals surface area contributed by atoms with Gasteiger partial charge < -0.3 is 14.7 Å². The molecule has 0 amide bonds. The number of likely N-dealkylation sites (tertiary alicyclic amines) is 1. The van der Waals surface area contributed by atoms with E-state index in [1.807, 2.05) is 46.2 Å². The average molecular weight is 598 g/mol. The molecule has 3 aliphatic heterocycles. The highest BCUT2D eigenvalue weighted by Crippen LogP contribution is 2.45. The van der Waals surface area contributed by atoms with Crippen LogP contribution >= 0.6 is 0 Å². The Labute approximate surface area is 248 Å². The molecule has 3 aromatic carbocycles. The fourth-order valence-corrected chi connectivity index (χ4v) is 6.85. The number of piperidine rings is 1. The van der Waals surface area contributed by atoms with Gasteiger partial charge in [-0.15, -0.1) is 0 Å². The number of halogens is 4. The third-order valence-electron chi connectivity index (χ3n) is 9.09. The summed E-state index contributed by atoms with van der Waals surface area (Å²) in [6.07, 6.45) is -0.527. The number of rotatable bonds is 9. The molecule has 6 nitrogen and oxygen atoms in total. The Morgan fingerprint density at radius 2 is 1.67 bits per heavy atom. The van der Waals surface area contributed by atoms with E-state index in [-0.39, 0.29) is 24.1 Å². The minimum absolute atomic E-state index is 0.0112. The van der Waals surface area contributed by atoms with Gasteiger partial charge in [0.2, 0.25) is 0 Å². The molecule has 0 aliphatic carbocycles. The number of aliphatic carboxylic acids is 1. The summed E-state index contributed by atoms with van der Waals surface area (Å²) in [6.45, 7) is 2.67. The molecule has 6 rings (SSSR count). The van der Waals surface area contributed by atoms with E-state index in [1.165, 1.54) is 17.0 Å². The monoisotopic (exact) mass is 597 g/mol. The van der Waals surface area contributed by atoms with Gasteiger partial charge in [0.05, 0.1) is 19.1 Å². The molecule has 1 atom stereocenters. The van der Waals surface area contributed by atoms with Crippen LogP contribution in [0.1, 0.15) is 41.1 Å². The SMILES string of the molecule is O=C(O)CN1CCC2(CC1)CN(c1cc(F)c(C3c4ccc(OCc5ccccc5)cc4CCN3CC(F)F)c(F)c1)C2. The summed E-state index contributed by atoms with van der Waals surface area (Å²) in [6, 6.07) is 16.6. The fourth-order valence-electron chi connectivity index (χ4n) is 6.85. The summed E-state index contributed by atoms with van der Waals surface area (Å²) in [5, 5.41) is 9.05. The van der Waals surface area contributed by atoms with Crippen molar-refractivity contribution in [2.24, 2.45) is 5.41 Å². The normalized spacial score (nSPS) is 20.2. The number of carboxylic acid groups (broad SMARTS) is 1. The fraction of sp³-hybridized carbons (Fsp3) is 0.424. The number of carboxylic acids is 1. The number of carbonyl (C=O) groups is 1. The minimum Gasteiger partial charge on any atom is -0.489 e. The quantitative estimate of drug-likeness (QED) is 0.318. The molecule has 0 aromatic heterocycles. The highest BCUT2D eigenvalue weighted by molar-refractivity contribution is 5.69. The summed E-state index contributed by atoms with van der Waals surface area (Å²) in [5.41, 5.74) is 2.64. The summed E-state index contributed by atoms with van der Waals surface area (Å²) in [4.78, 5) is 16.3. The first-order valence-corrected chi connectivity index (χ1v) is 14.7. The number of benzene rings is 3. The van der Waals surface area contributed by atoms with E-state index in [0.29, 0.717) is 56.2 Å². The molecule has 0 bridgehead atoms. The van der Waals surface area contributed by atoms with E-state index in [1.54, 1.807) is 12.1 Å². The van der Waals surface area contributed by atoms with Crippen LogP contribution in [0.2, 0.25) is 0 Å². The van der Waals surface area contributed by atoms with Crippen LogP contribution in [0, 0.1) is 17.0 Å². The van der Waals surface area contributed by atoms with E-state index in [9.17, 15) is 13.6 Å². The Morgan fingerprint density at radius 1 is 0.977 bits per heavy atom. The topological polar surface area (TPSA) is 56.3 Å². The smallest absolute Gasteiger partial charge is 0.317 e. The molecule has 3 aliphatic rings. The van der Waals surface area contributed by atoms with Gasteiger partial charge in [-0.2, -0.15) is 0 Å². The number of alkyl halides is 2. The molecule has 0 saturated carbocycles. The van der Waals surface area contributed by atoms with E-state index in [0.717, 1.165) is 24.0 Å². The van der Waals surface area contributed by atoms with Crippen molar-refractivity contribution in [3.05, 3.63) is 94.6 Å². The maximum absolute atomic E-state index is 15.8. The van der Waals surface area contributed by atoms with Crippen molar-refractivity contribution in [3.8, 4) is 5.75 Å². The highest BCUT2D eigenvalue weighted by atomic mass is 19.3. The number of ether oxygens (including phenoxy) is 1. The Morgan fingerprint density at radius 3 is 2.33 bits per heavy atom. The molecular formula is C33H35F4N3O3. The van der Waals surface area contributed by atoms with Crippen LogP contribution in [0.25, 0.3) is 0 Å². The first kappa shape index (κ1) is 29.4. The van der Waals surface area contributed by atoms with Crippen molar-refractivity contribution in [3.63, 3.8) is 0 Å². The van der Waals surface area contributed by atoms with Crippen molar-refractivity contribution >= 4 is 11.7 Å². The molecule has 3 aromatic rings. The molecule has 1 N–H and O–H groups in total. The van der Waals surface area contributed by atoms with Crippen LogP contribution in [-0.2, 0) is 17.8 Å². The van der Waals surface area contributed by atoms with Crippen molar-refractivity contribution in [2.45, 2.75) is 38.3 Å². The van der Waals surface area contributed by atoms with Gasteiger partial charge in [0.15, 0.2) is 0 Å². The molecule has 10 heteroatoms. The first-order chi connectivity index (χ1) is 20.7. The van der Waals surface area contributed by atoms with Gasteiger partial charge in [0.25, 0.3) is 6.43 Å². The van der Waals surface area contributed by atoms with Crippen molar-refractivity contribution in [1.82, 2.24) is 9.80 Å². The zero-order valence-electron chi connectivity index (χ0n) is 23.8. The number of fused-ring (bicyclic) bond motifs is 1. The van der Waals surface area contributed by atoms with Crippen molar-refractivity contribution < 1.29 is 32.2 Å². The molecule has 43 heavy (non-hydrogen) atoms. The van der Waals surface area contributed by atoms with Crippen LogP contribution in [0.3, 0.4) is 0 Å². The number of hydrogen-bond donors (Lipinski definition) is 1. The maximum Gasteiger partial charge on any atom is 0.317 e. The van der Waals surface area contributed by atoms with E-state index in [2.05, 4.69) is 0 Å². The van der Waals surface area contributed by atoms with Gasteiger partial charge in [0.1, 0.15) is 24.0 Å². The largest absolute Gasteiger partial charge is 0.489 e. The van der Waals surface area contributed by atoms with Crippen LogP contribution in [0.4, 0.5) is 23.2 Å². The predicted molar refractivity (Wildman–Crippen MR) is 155 cm³/mol. The summed E-state index contributed by atoms with van der Waals surface area (Å²) in [7, 11) is 0. The second-order valence-corrected chi connectivity index (χ2v) is 12.0. The Kier molecular flexibility index (Phi) is 8.33. The zero-order chi connectivity index (χ0) is 30.1. The molecular weight excluding hydrogens is 562 g/mol. The lowest BCUT2D eigenvalue weighted by Crippen LogP contribution is -2.60. The van der Waals surface area contributed by atoms with Gasteiger partial charge in [-0.05, 0) is 73.3 Å². The van der Waals surface area contributed by atoms with Crippen LogP contribution in [0.15, 0.2) is 60.7 Å². The summed E-state index contributed by atoms with van der Waals surface area (Å²) < 4.78 is 64.9. The van der Waals surface area contributed by atoms with E-state index >= 15 is 8.78 Å². The van der Waals surface area contributed by atoms with Crippen LogP contribution < -0.4 is 9.64 Å². The molecule has 1 unspecified atom stereocenters. The second kappa shape index (κ2) is 12.2. The standard InChI is InChI=1S/C33H35F4N3O3/c34-27-15-24(40-20-33(21-40)9-12-38(13-10-33)18-30(41)42)16-28(35)31(27)32-26-7-6-25(43-19-22-4-2-1-3-5-22)14-23(26)8-11-39(32)17-29(36)37/h1-7,14-16,29,32H,8-13,17-21H2,(H,41,42). The van der Waals surface area contributed by atoms with Crippen LogP contribution in [0.5, 0.6) is 5.75 Å². The lowest BCUT2D eigenvalue weighted by Gasteiger charge is -2.55. The van der Waals surface area contributed by atoms with E-state index < -0.39 is 36.6 Å². The molecule has 228 valence electrons. The van der Waals surface area contributed by atoms with Gasteiger partial charge in [0, 0.05) is 36.3 Å². The third-order valence-corrected chi connectivity index (χ3v) is 9.09. The molecule has 2 fully saturated rings. The van der Waals surface area contributed by atoms with E-state index in [4.69, 9.17) is 9.84 Å². The van der Waals surface area contributed by atoms with Gasteiger partial charge >= 0.3 is 5.97 Å². The maximum atomic E-state index is 15.8. The number of hydrogen-bond acceptors (Lipinski definition) is 5. The lowest BCUT2D eigenvalue weighted by atomic mass is 9.71. The first-order valence-electron chi connectivity index (χ1n) is 14.7. The Bertz CT molecular complexity index is 1430. The lowest BCUT2D eigenvalue weighted by molar-refractivity contribution is -0.139. The zero-order valence-corrected chi connectivity index (χ0v) is 23.8. The average Bonchev–Trinajstić information content (AvgIpc) is 2.96. The van der Waals surface area contributed by atoms with Crippen LogP contribution in [-0.4, -0.2) is 73.1 Å².